The Morgan fingerprint density at radius 2 is 2.40 bits per heavy atom. The number of hydrogen-bond acceptors (Lipinski definition) is 3. The van der Waals surface area contributed by atoms with E-state index in [2.05, 4.69) is 14.7 Å². The third-order valence-electron chi connectivity index (χ3n) is 1.19. The summed E-state index contributed by atoms with van der Waals surface area (Å²) in [6, 6.07) is 0. The standard InChI is InChI=1S/C6H9FN2O/c1-2-3-4-5-8-6(7)9-10-5/h2-4H2,1H3. The lowest BCUT2D eigenvalue weighted by Crippen LogP contribution is -1.83. The normalized spacial score (nSPS) is 10.2. The first kappa shape index (κ1) is 7.18. The van der Waals surface area contributed by atoms with E-state index < -0.39 is 6.08 Å². The number of nitrogens with zero attached hydrogens (tertiary/aromatic N) is 2. The minimum Gasteiger partial charge on any atom is -0.337 e. The Morgan fingerprint density at radius 3 is 2.90 bits per heavy atom. The monoisotopic (exact) mass is 144 g/mol. The minimum absolute atomic E-state index is 0.388. The van der Waals surface area contributed by atoms with Crippen molar-refractivity contribution >= 4 is 0 Å². The van der Waals surface area contributed by atoms with Crippen LogP contribution in [0.25, 0.3) is 0 Å². The van der Waals surface area contributed by atoms with Gasteiger partial charge in [0.15, 0.2) is 0 Å². The zero-order chi connectivity index (χ0) is 7.40. The number of unbranched alkanes of at least 4 members (excludes halogenated alkanes) is 1. The van der Waals surface area contributed by atoms with E-state index >= 15 is 0 Å². The number of aryl methyl sites for hydroxylation is 1. The van der Waals surface area contributed by atoms with E-state index in [0.717, 1.165) is 12.8 Å². The van der Waals surface area contributed by atoms with E-state index in [1.54, 1.807) is 0 Å². The van der Waals surface area contributed by atoms with E-state index in [-0.39, 0.29) is 0 Å². The maximum absolute atomic E-state index is 12.0. The molecular weight excluding hydrogens is 135 g/mol. The molecule has 0 aromatic carbocycles. The number of aromatic nitrogens is 2. The van der Waals surface area contributed by atoms with Crippen LogP contribution in [-0.4, -0.2) is 10.1 Å². The van der Waals surface area contributed by atoms with Crippen LogP contribution in [0.2, 0.25) is 0 Å². The van der Waals surface area contributed by atoms with Crippen molar-refractivity contribution in [3.63, 3.8) is 0 Å². The van der Waals surface area contributed by atoms with Crippen LogP contribution in [-0.2, 0) is 6.42 Å². The molecule has 0 saturated heterocycles. The van der Waals surface area contributed by atoms with Crippen molar-refractivity contribution in [1.29, 1.82) is 0 Å². The molecule has 0 aliphatic rings. The molecule has 10 heavy (non-hydrogen) atoms. The Hall–Kier alpha value is -0.930. The molecule has 3 nitrogen and oxygen atoms in total. The second-order valence-corrected chi connectivity index (χ2v) is 2.06. The Kier molecular flexibility index (Phi) is 2.36. The summed E-state index contributed by atoms with van der Waals surface area (Å²) in [4.78, 5) is 3.40. The quantitative estimate of drug-likeness (QED) is 0.646. The Labute approximate surface area is 58.2 Å². The zero-order valence-corrected chi connectivity index (χ0v) is 5.80. The average molecular weight is 144 g/mol. The molecule has 56 valence electrons. The van der Waals surface area contributed by atoms with Gasteiger partial charge in [0.2, 0.25) is 5.89 Å². The summed E-state index contributed by atoms with van der Waals surface area (Å²) < 4.78 is 16.6. The highest BCUT2D eigenvalue weighted by atomic mass is 19.1. The molecule has 1 aromatic rings. The van der Waals surface area contributed by atoms with Gasteiger partial charge >= 0.3 is 6.08 Å². The molecular formula is C6H9FN2O. The summed E-state index contributed by atoms with van der Waals surface area (Å²) in [5.41, 5.74) is 0. The lowest BCUT2D eigenvalue weighted by atomic mass is 10.2. The summed E-state index contributed by atoms with van der Waals surface area (Å²) >= 11 is 0. The third-order valence-corrected chi connectivity index (χ3v) is 1.19. The molecule has 0 atom stereocenters. The minimum atomic E-state index is -0.772. The fraction of sp³-hybridized carbons (Fsp3) is 0.667. The van der Waals surface area contributed by atoms with Gasteiger partial charge in [0.25, 0.3) is 0 Å². The first-order chi connectivity index (χ1) is 4.83. The first-order valence-electron chi connectivity index (χ1n) is 3.31. The summed E-state index contributed by atoms with van der Waals surface area (Å²) in [7, 11) is 0. The van der Waals surface area contributed by atoms with Crippen molar-refractivity contribution in [3.05, 3.63) is 12.0 Å². The molecule has 1 heterocycles. The van der Waals surface area contributed by atoms with Crippen molar-refractivity contribution in [2.75, 3.05) is 0 Å². The third kappa shape index (κ3) is 1.79. The molecule has 1 rings (SSSR count). The van der Waals surface area contributed by atoms with Gasteiger partial charge in [-0.15, -0.1) is 0 Å². The number of rotatable bonds is 3. The van der Waals surface area contributed by atoms with Gasteiger partial charge in [-0.1, -0.05) is 13.3 Å². The van der Waals surface area contributed by atoms with Crippen LogP contribution in [0.4, 0.5) is 4.39 Å². The van der Waals surface area contributed by atoms with Gasteiger partial charge < -0.3 is 4.52 Å². The second-order valence-electron chi connectivity index (χ2n) is 2.06. The van der Waals surface area contributed by atoms with Gasteiger partial charge in [-0.25, -0.2) is 0 Å². The average Bonchev–Trinajstić information content (AvgIpc) is 2.31. The van der Waals surface area contributed by atoms with Crippen LogP contribution in [0.5, 0.6) is 0 Å². The topological polar surface area (TPSA) is 38.9 Å². The van der Waals surface area contributed by atoms with Gasteiger partial charge in [0.1, 0.15) is 0 Å². The summed E-state index contributed by atoms with van der Waals surface area (Å²) in [5.74, 6) is 0.388. The first-order valence-corrected chi connectivity index (χ1v) is 3.31. The highest BCUT2D eigenvalue weighted by molar-refractivity contribution is 4.74. The molecule has 0 aliphatic heterocycles. The van der Waals surface area contributed by atoms with Crippen molar-refractivity contribution in [3.8, 4) is 0 Å². The molecule has 0 N–H and O–H groups in total. The van der Waals surface area contributed by atoms with E-state index in [9.17, 15) is 4.39 Å². The van der Waals surface area contributed by atoms with Crippen LogP contribution >= 0.6 is 0 Å². The van der Waals surface area contributed by atoms with Gasteiger partial charge in [0.05, 0.1) is 0 Å². The Bertz CT molecular complexity index is 199. The molecule has 0 spiro atoms. The van der Waals surface area contributed by atoms with Crippen LogP contribution < -0.4 is 0 Å². The molecule has 0 bridgehead atoms. The summed E-state index contributed by atoms with van der Waals surface area (Å²) in [6.45, 7) is 2.05. The lowest BCUT2D eigenvalue weighted by Gasteiger charge is -1.86. The Balaban J connectivity index is 2.42. The molecule has 4 heteroatoms. The van der Waals surface area contributed by atoms with E-state index in [1.165, 1.54) is 0 Å². The lowest BCUT2D eigenvalue weighted by molar-refractivity contribution is 0.348. The van der Waals surface area contributed by atoms with Crippen molar-refractivity contribution in [2.24, 2.45) is 0 Å². The predicted molar refractivity (Wildman–Crippen MR) is 32.9 cm³/mol. The second kappa shape index (κ2) is 3.29. The van der Waals surface area contributed by atoms with Crippen molar-refractivity contribution in [2.45, 2.75) is 26.2 Å². The summed E-state index contributed by atoms with van der Waals surface area (Å²) in [6.07, 6.45) is 1.91. The van der Waals surface area contributed by atoms with Crippen LogP contribution in [0.3, 0.4) is 0 Å². The fourth-order valence-electron chi connectivity index (χ4n) is 0.664. The van der Waals surface area contributed by atoms with Crippen LogP contribution in [0, 0.1) is 6.08 Å². The summed E-state index contributed by atoms with van der Waals surface area (Å²) in [5, 5.41) is 3.02. The van der Waals surface area contributed by atoms with E-state index in [0.29, 0.717) is 12.3 Å². The maximum atomic E-state index is 12.0. The van der Waals surface area contributed by atoms with E-state index in [4.69, 9.17) is 0 Å². The predicted octanol–water partition coefficient (Wildman–Crippen LogP) is 1.55. The van der Waals surface area contributed by atoms with Crippen molar-refractivity contribution in [1.82, 2.24) is 10.1 Å². The van der Waals surface area contributed by atoms with Crippen LogP contribution in [0.15, 0.2) is 4.52 Å². The highest BCUT2D eigenvalue weighted by Gasteiger charge is 2.02. The molecule has 0 radical (unpaired) electrons. The molecule has 0 amide bonds. The molecule has 0 fully saturated rings. The van der Waals surface area contributed by atoms with Crippen LogP contribution in [0.1, 0.15) is 25.7 Å². The number of halogens is 1. The number of hydrogen-bond donors (Lipinski definition) is 0. The zero-order valence-electron chi connectivity index (χ0n) is 5.80. The molecule has 0 unspecified atom stereocenters. The largest absolute Gasteiger partial charge is 0.346 e. The fourth-order valence-corrected chi connectivity index (χ4v) is 0.664. The van der Waals surface area contributed by atoms with Crippen molar-refractivity contribution < 1.29 is 8.91 Å². The molecule has 1 aromatic heterocycles. The highest BCUT2D eigenvalue weighted by Crippen LogP contribution is 2.00. The van der Waals surface area contributed by atoms with Gasteiger partial charge in [-0.2, -0.15) is 9.37 Å². The maximum Gasteiger partial charge on any atom is 0.346 e. The van der Waals surface area contributed by atoms with Gasteiger partial charge in [0, 0.05) is 6.42 Å². The molecule has 0 aliphatic carbocycles. The molecule has 0 saturated carbocycles. The SMILES string of the molecule is CCCCc1nc(F)no1. The van der Waals surface area contributed by atoms with Gasteiger partial charge in [-0.3, -0.25) is 0 Å². The van der Waals surface area contributed by atoms with Gasteiger partial charge in [-0.05, 0) is 11.6 Å². The smallest absolute Gasteiger partial charge is 0.337 e. The Morgan fingerprint density at radius 1 is 1.60 bits per heavy atom. The van der Waals surface area contributed by atoms with E-state index in [1.807, 2.05) is 6.92 Å².